The molecule has 10 heteroatoms. The lowest BCUT2D eigenvalue weighted by atomic mass is 10.0. The van der Waals surface area contributed by atoms with Crippen LogP contribution in [0.2, 0.25) is 0 Å². The van der Waals surface area contributed by atoms with Crippen LogP contribution >= 0.6 is 7.82 Å². The topological polar surface area (TPSA) is 108 Å². The molecule has 0 heterocycles. The summed E-state index contributed by atoms with van der Waals surface area (Å²) in [6, 6.07) is 0. The lowest BCUT2D eigenvalue weighted by Crippen LogP contribution is -2.37. The predicted octanol–water partition coefficient (Wildman–Crippen LogP) is 19.9. The molecule has 9 nitrogen and oxygen atoms in total. The van der Waals surface area contributed by atoms with Gasteiger partial charge in [0, 0.05) is 12.8 Å². The van der Waals surface area contributed by atoms with Gasteiger partial charge in [0.2, 0.25) is 0 Å². The summed E-state index contributed by atoms with van der Waals surface area (Å²) in [5.74, 6) is -0.836. The Hall–Kier alpha value is -3.59. The zero-order valence-corrected chi connectivity index (χ0v) is 51.5. The Labute approximate surface area is 479 Å². The van der Waals surface area contributed by atoms with Gasteiger partial charge in [-0.05, 0) is 103 Å². The SMILES string of the molecule is CC/C=C\C/C=C\C/C=C\C/C=C\C/C=C\CCCCCCCCCCCCCCCCCCCCCC(=O)OC(COC(=O)CCCCC/C=C\C/C=C\C/C=C\C/C=C\C/C=C\CC)COP(=O)(O)OCC[N+](C)(C)C. The van der Waals surface area contributed by atoms with Crippen molar-refractivity contribution in [2.45, 2.75) is 251 Å². The zero-order valence-electron chi connectivity index (χ0n) is 50.6. The average Bonchev–Trinajstić information content (AvgIpc) is 3.41. The Morgan fingerprint density at radius 2 is 0.692 bits per heavy atom. The first-order valence-corrected chi connectivity index (χ1v) is 32.8. The van der Waals surface area contributed by atoms with E-state index < -0.39 is 32.5 Å². The quantitative estimate of drug-likeness (QED) is 0.0211. The van der Waals surface area contributed by atoms with Crippen molar-refractivity contribution < 1.29 is 42.1 Å². The van der Waals surface area contributed by atoms with Gasteiger partial charge in [-0.1, -0.05) is 251 Å². The number of hydrogen-bond donors (Lipinski definition) is 1. The number of allylic oxidation sites excluding steroid dienone is 20. The van der Waals surface area contributed by atoms with Crippen LogP contribution in [0.25, 0.3) is 0 Å². The summed E-state index contributed by atoms with van der Waals surface area (Å²) in [6.45, 7) is 4.17. The number of carbonyl (C=O) groups excluding carboxylic acids is 2. The van der Waals surface area contributed by atoms with Crippen molar-refractivity contribution >= 4 is 19.8 Å². The van der Waals surface area contributed by atoms with E-state index in [1.165, 1.54) is 103 Å². The van der Waals surface area contributed by atoms with Gasteiger partial charge in [-0.3, -0.25) is 18.6 Å². The molecular weight excluding hydrogens is 990 g/mol. The highest BCUT2D eigenvalue weighted by Crippen LogP contribution is 2.43. The highest BCUT2D eigenvalue weighted by Gasteiger charge is 2.27. The van der Waals surface area contributed by atoms with E-state index in [1.807, 2.05) is 21.1 Å². The van der Waals surface area contributed by atoms with Crippen LogP contribution in [0, 0.1) is 0 Å². The minimum atomic E-state index is -4.40. The van der Waals surface area contributed by atoms with E-state index in [9.17, 15) is 19.0 Å². The normalized spacial score (nSPS) is 14.1. The molecule has 2 atom stereocenters. The molecule has 0 rings (SSSR count). The van der Waals surface area contributed by atoms with E-state index in [-0.39, 0.29) is 26.1 Å². The third-order valence-electron chi connectivity index (χ3n) is 13.0. The van der Waals surface area contributed by atoms with E-state index in [1.54, 1.807) is 0 Å². The van der Waals surface area contributed by atoms with Crippen molar-refractivity contribution in [2.24, 2.45) is 0 Å². The van der Waals surface area contributed by atoms with Crippen LogP contribution in [0.3, 0.4) is 0 Å². The summed E-state index contributed by atoms with van der Waals surface area (Å²) < 4.78 is 34.6. The van der Waals surface area contributed by atoms with Crippen molar-refractivity contribution in [2.75, 3.05) is 47.5 Å². The first-order chi connectivity index (χ1) is 38.0. The lowest BCUT2D eigenvalue weighted by Gasteiger charge is -2.24. The zero-order chi connectivity index (χ0) is 57.0. The van der Waals surface area contributed by atoms with Crippen LogP contribution in [0.5, 0.6) is 0 Å². The fourth-order valence-corrected chi connectivity index (χ4v) is 8.99. The van der Waals surface area contributed by atoms with Gasteiger partial charge in [0.15, 0.2) is 6.10 Å². The largest absolute Gasteiger partial charge is 0.472 e. The van der Waals surface area contributed by atoms with Gasteiger partial charge in [0.05, 0.1) is 27.7 Å². The van der Waals surface area contributed by atoms with E-state index in [0.29, 0.717) is 23.9 Å². The first-order valence-electron chi connectivity index (χ1n) is 31.3. The molecule has 0 saturated heterocycles. The van der Waals surface area contributed by atoms with Gasteiger partial charge in [-0.15, -0.1) is 0 Å². The van der Waals surface area contributed by atoms with Crippen LogP contribution in [-0.4, -0.2) is 74.9 Å². The molecule has 0 aliphatic heterocycles. The minimum absolute atomic E-state index is 0.0214. The maximum atomic E-state index is 12.8. The summed E-state index contributed by atoms with van der Waals surface area (Å²) >= 11 is 0. The molecular formula is C68H117NO8P+. The number of quaternary nitrogens is 1. The Morgan fingerprint density at radius 1 is 0.397 bits per heavy atom. The highest BCUT2D eigenvalue weighted by molar-refractivity contribution is 7.47. The van der Waals surface area contributed by atoms with Gasteiger partial charge < -0.3 is 18.9 Å². The molecule has 0 bridgehead atoms. The van der Waals surface area contributed by atoms with Crippen molar-refractivity contribution in [3.05, 3.63) is 122 Å². The first kappa shape index (κ1) is 74.4. The molecule has 0 aromatic rings. The van der Waals surface area contributed by atoms with Crippen LogP contribution in [0.1, 0.15) is 245 Å². The number of rotatable bonds is 56. The predicted molar refractivity (Wildman–Crippen MR) is 334 cm³/mol. The van der Waals surface area contributed by atoms with E-state index in [4.69, 9.17) is 18.5 Å². The smallest absolute Gasteiger partial charge is 0.462 e. The second-order valence-corrected chi connectivity index (χ2v) is 23.1. The number of carbonyl (C=O) groups is 2. The summed E-state index contributed by atoms with van der Waals surface area (Å²) in [5.41, 5.74) is 0. The Kier molecular flexibility index (Phi) is 55.4. The molecule has 2 unspecified atom stereocenters. The molecule has 0 aliphatic carbocycles. The molecule has 0 radical (unpaired) electrons. The second kappa shape index (κ2) is 58.1. The van der Waals surface area contributed by atoms with Gasteiger partial charge in [0.1, 0.15) is 19.8 Å². The number of nitrogens with zero attached hydrogens (tertiary/aromatic N) is 1. The van der Waals surface area contributed by atoms with Gasteiger partial charge in [0.25, 0.3) is 0 Å². The molecule has 0 amide bonds. The van der Waals surface area contributed by atoms with E-state index in [0.717, 1.165) is 103 Å². The van der Waals surface area contributed by atoms with Crippen LogP contribution in [0.4, 0.5) is 0 Å². The number of unbranched alkanes of at least 4 members (excludes halogenated alkanes) is 22. The molecule has 0 spiro atoms. The fourth-order valence-electron chi connectivity index (χ4n) is 8.25. The molecule has 0 fully saturated rings. The molecule has 78 heavy (non-hydrogen) atoms. The minimum Gasteiger partial charge on any atom is -0.462 e. The molecule has 0 saturated carbocycles. The molecule has 0 aliphatic rings. The Morgan fingerprint density at radius 3 is 1.04 bits per heavy atom. The number of esters is 2. The number of phosphoric acid groups is 1. The van der Waals surface area contributed by atoms with Crippen molar-refractivity contribution in [3.8, 4) is 0 Å². The van der Waals surface area contributed by atoms with Gasteiger partial charge >= 0.3 is 19.8 Å². The molecule has 1 N–H and O–H groups in total. The monoisotopic (exact) mass is 1110 g/mol. The molecule has 446 valence electrons. The maximum absolute atomic E-state index is 12.8. The second-order valence-electron chi connectivity index (χ2n) is 21.7. The number of hydrogen-bond acceptors (Lipinski definition) is 7. The van der Waals surface area contributed by atoms with Crippen molar-refractivity contribution in [3.63, 3.8) is 0 Å². The number of ether oxygens (including phenoxy) is 2. The Balaban J connectivity index is 4.08. The van der Waals surface area contributed by atoms with Crippen molar-refractivity contribution in [1.82, 2.24) is 0 Å². The van der Waals surface area contributed by atoms with Gasteiger partial charge in [-0.2, -0.15) is 0 Å². The maximum Gasteiger partial charge on any atom is 0.472 e. The highest BCUT2D eigenvalue weighted by atomic mass is 31.2. The standard InChI is InChI=1S/C68H116NO8P/c1-6-8-10-12-14-16-18-20-22-24-26-27-28-29-30-31-32-33-34-35-36-37-38-39-40-41-43-45-47-49-51-53-55-57-59-61-68(71)77-66(65-76-78(72,73)75-63-62-69(3,4)5)64-74-67(70)60-58-56-54-52-50-48-46-44-42-25-23-21-19-17-15-13-11-9-7-2/h8-11,14-17,20-23,26-27,29-30,42,44,48,50,66H,6-7,12-13,18-19,24-25,28,31-41,43,45-47,49,51-65H2,1-5H3/p+1/b10-8-,11-9-,16-14-,17-15-,22-20-,23-21-,27-26-,30-29-,44-42-,50-48-. The summed E-state index contributed by atoms with van der Waals surface area (Å²) in [5, 5.41) is 0. The average molecular weight is 1110 g/mol. The lowest BCUT2D eigenvalue weighted by molar-refractivity contribution is -0.870. The van der Waals surface area contributed by atoms with E-state index in [2.05, 4.69) is 135 Å². The third-order valence-corrected chi connectivity index (χ3v) is 14.0. The summed E-state index contributed by atoms with van der Waals surface area (Å²) in [7, 11) is 1.45. The fraction of sp³-hybridized carbons (Fsp3) is 0.676. The Bertz CT molecular complexity index is 1730. The third kappa shape index (κ3) is 61.6. The number of phosphoric ester groups is 1. The van der Waals surface area contributed by atoms with Crippen molar-refractivity contribution in [1.29, 1.82) is 0 Å². The van der Waals surface area contributed by atoms with Crippen LogP contribution in [-0.2, 0) is 32.7 Å². The van der Waals surface area contributed by atoms with Crippen LogP contribution in [0.15, 0.2) is 122 Å². The van der Waals surface area contributed by atoms with Gasteiger partial charge in [-0.25, -0.2) is 4.57 Å². The molecule has 0 aromatic carbocycles. The molecule has 0 aromatic heterocycles. The van der Waals surface area contributed by atoms with Crippen LogP contribution < -0.4 is 0 Å². The summed E-state index contributed by atoms with van der Waals surface area (Å²) in [6.07, 6.45) is 82.9. The van der Waals surface area contributed by atoms with E-state index >= 15 is 0 Å². The number of likely N-dealkylation sites (N-methyl/N-ethyl adjacent to an activating group) is 1. The summed E-state index contributed by atoms with van der Waals surface area (Å²) in [4.78, 5) is 35.7.